The maximum absolute atomic E-state index is 13.9. The standard InChI is InChI=1S/C27H23ClN4O7S/c28-17-6-8-20-19(13-17)27(39-26(35)29-20)10-11-32(15-27)24(33)22(12-16-4-2-1-3-5-16)31-40(36,37)18-7-9-23-21(14-18)30-25(34)38-23/h1-9,13-14,22,31H,10-12,15H2,(H,29,35)(H,30,34)/t22-,27?/m0/s1. The number of halogens is 1. The second-order valence-electron chi connectivity index (χ2n) is 9.70. The van der Waals surface area contributed by atoms with Gasteiger partial charge in [0, 0.05) is 23.6 Å². The van der Waals surface area contributed by atoms with Crippen LogP contribution in [0.2, 0.25) is 5.02 Å². The number of ether oxygens (including phenoxy) is 1. The quantitative estimate of drug-likeness (QED) is 0.311. The third kappa shape index (κ3) is 4.85. The Hall–Kier alpha value is -4.13. The molecule has 3 aromatic carbocycles. The summed E-state index contributed by atoms with van der Waals surface area (Å²) in [6.45, 7) is 0.263. The molecule has 13 heteroatoms. The lowest BCUT2D eigenvalue weighted by atomic mass is 9.90. The van der Waals surface area contributed by atoms with Crippen molar-refractivity contribution in [3.05, 3.63) is 82.9 Å². The lowest BCUT2D eigenvalue weighted by molar-refractivity contribution is -0.133. The molecule has 40 heavy (non-hydrogen) atoms. The molecule has 0 aliphatic carbocycles. The number of carbonyl (C=O) groups is 2. The number of hydrogen-bond donors (Lipinski definition) is 3. The average molecular weight is 583 g/mol. The highest BCUT2D eigenvalue weighted by molar-refractivity contribution is 7.89. The third-order valence-electron chi connectivity index (χ3n) is 7.08. The number of benzene rings is 3. The van der Waals surface area contributed by atoms with Gasteiger partial charge in [-0.3, -0.25) is 10.1 Å². The van der Waals surface area contributed by atoms with Gasteiger partial charge in [0.25, 0.3) is 0 Å². The fourth-order valence-electron chi connectivity index (χ4n) is 5.21. The predicted molar refractivity (Wildman–Crippen MR) is 144 cm³/mol. The van der Waals surface area contributed by atoms with Crippen molar-refractivity contribution >= 4 is 50.4 Å². The third-order valence-corrected chi connectivity index (χ3v) is 8.78. The van der Waals surface area contributed by atoms with Crippen LogP contribution in [0.5, 0.6) is 6.08 Å². The zero-order valence-electron chi connectivity index (χ0n) is 20.8. The van der Waals surface area contributed by atoms with E-state index in [0.717, 1.165) is 5.56 Å². The highest BCUT2D eigenvalue weighted by atomic mass is 35.5. The molecule has 3 N–H and O–H groups in total. The van der Waals surface area contributed by atoms with E-state index in [2.05, 4.69) is 15.0 Å². The van der Waals surface area contributed by atoms with Gasteiger partial charge in [0.15, 0.2) is 11.2 Å². The number of sulfonamides is 1. The number of aromatic nitrogens is 1. The summed E-state index contributed by atoms with van der Waals surface area (Å²) in [5.41, 5.74) is 1.20. The summed E-state index contributed by atoms with van der Waals surface area (Å²) in [5, 5.41) is 12.6. The van der Waals surface area contributed by atoms with Gasteiger partial charge in [-0.05, 0) is 48.4 Å². The molecule has 1 spiro atoms. The molecule has 4 aromatic rings. The van der Waals surface area contributed by atoms with E-state index in [1.807, 2.05) is 6.07 Å². The number of nitrogens with zero attached hydrogens (tertiary/aromatic N) is 2. The highest BCUT2D eigenvalue weighted by Crippen LogP contribution is 2.44. The van der Waals surface area contributed by atoms with Gasteiger partial charge in [-0.15, -0.1) is 0 Å². The number of amides is 2. The van der Waals surface area contributed by atoms with E-state index >= 15 is 0 Å². The molecular formula is C27H23ClN4O7S. The van der Waals surface area contributed by atoms with Crippen LogP contribution in [-0.2, 0) is 31.6 Å². The molecule has 11 nitrogen and oxygen atoms in total. The smallest absolute Gasteiger partial charge is 0.412 e. The molecule has 0 bridgehead atoms. The summed E-state index contributed by atoms with van der Waals surface area (Å²) < 4.78 is 40.2. The maximum atomic E-state index is 13.9. The van der Waals surface area contributed by atoms with Crippen LogP contribution in [0.4, 0.5) is 10.5 Å². The van der Waals surface area contributed by atoms with Gasteiger partial charge < -0.3 is 19.2 Å². The number of hydrogen-bond acceptors (Lipinski definition) is 8. The number of carbonyl (C=O) groups excluding carboxylic acids is 2. The molecule has 1 saturated heterocycles. The Balaban J connectivity index is 1.30. The molecule has 2 aliphatic rings. The van der Waals surface area contributed by atoms with Crippen molar-refractivity contribution in [1.82, 2.24) is 14.6 Å². The number of fused-ring (bicyclic) bond motifs is 3. The topological polar surface area (TPSA) is 151 Å². The Morgan fingerprint density at radius 1 is 1.18 bits per heavy atom. The van der Waals surface area contributed by atoms with Crippen molar-refractivity contribution in [2.45, 2.75) is 29.4 Å². The van der Waals surface area contributed by atoms with E-state index in [4.69, 9.17) is 20.8 Å². The first kappa shape index (κ1) is 26.1. The minimum atomic E-state index is -4.21. The predicted octanol–water partition coefficient (Wildman–Crippen LogP) is 3.77. The molecule has 6 rings (SSSR count). The number of anilines is 1. The van der Waals surface area contributed by atoms with Crippen molar-refractivity contribution in [2.24, 2.45) is 0 Å². The summed E-state index contributed by atoms with van der Waals surface area (Å²) in [5.74, 6) is -0.470. The number of oxazole rings is 1. The van der Waals surface area contributed by atoms with Gasteiger partial charge >= 0.3 is 12.2 Å². The second kappa shape index (κ2) is 9.81. The van der Waals surface area contributed by atoms with Crippen molar-refractivity contribution < 1.29 is 32.3 Å². The number of aromatic hydroxyl groups is 1. The Labute approximate surface area is 233 Å². The maximum Gasteiger partial charge on any atom is 0.412 e. The van der Waals surface area contributed by atoms with Crippen LogP contribution in [0.1, 0.15) is 17.5 Å². The molecule has 206 valence electrons. The molecule has 0 radical (unpaired) electrons. The molecule has 2 aliphatic heterocycles. The summed E-state index contributed by atoms with van der Waals surface area (Å²) in [7, 11) is -4.21. The first-order chi connectivity index (χ1) is 19.1. The normalized spacial score (nSPS) is 19.3. The molecular weight excluding hydrogens is 560 g/mol. The number of rotatable bonds is 6. The molecule has 1 unspecified atom stereocenters. The van der Waals surface area contributed by atoms with Gasteiger partial charge in [0.05, 0.1) is 17.1 Å². The first-order valence-corrected chi connectivity index (χ1v) is 14.2. The summed E-state index contributed by atoms with van der Waals surface area (Å²) in [6.07, 6.45) is -0.825. The van der Waals surface area contributed by atoms with Crippen LogP contribution in [0.3, 0.4) is 0 Å². The van der Waals surface area contributed by atoms with Crippen LogP contribution < -0.4 is 10.0 Å². The van der Waals surface area contributed by atoms with E-state index in [1.165, 1.54) is 23.1 Å². The Morgan fingerprint density at radius 3 is 2.77 bits per heavy atom. The van der Waals surface area contributed by atoms with Crippen LogP contribution >= 0.6 is 11.6 Å². The molecule has 2 atom stereocenters. The van der Waals surface area contributed by atoms with Crippen molar-refractivity contribution in [3.8, 4) is 6.08 Å². The van der Waals surface area contributed by atoms with Gasteiger partial charge in [-0.25, -0.2) is 13.2 Å². The highest BCUT2D eigenvalue weighted by Gasteiger charge is 2.49. The van der Waals surface area contributed by atoms with Crippen LogP contribution in [0, 0.1) is 0 Å². The molecule has 2 amide bonds. The minimum absolute atomic E-state index is 0.0315. The minimum Gasteiger partial charge on any atom is -0.466 e. The number of nitrogens with one attached hydrogen (secondary N) is 2. The van der Waals surface area contributed by atoms with Crippen molar-refractivity contribution in [1.29, 1.82) is 0 Å². The van der Waals surface area contributed by atoms with E-state index in [0.29, 0.717) is 22.7 Å². The Bertz CT molecular complexity index is 1740. The summed E-state index contributed by atoms with van der Waals surface area (Å²) >= 11 is 6.23. The second-order valence-corrected chi connectivity index (χ2v) is 11.8. The van der Waals surface area contributed by atoms with Gasteiger partial charge in [-0.2, -0.15) is 9.71 Å². The lowest BCUT2D eigenvalue weighted by Crippen LogP contribution is -2.50. The fourth-order valence-corrected chi connectivity index (χ4v) is 6.59. The fraction of sp³-hybridized carbons (Fsp3) is 0.222. The van der Waals surface area contributed by atoms with Crippen molar-refractivity contribution in [2.75, 3.05) is 18.4 Å². The molecule has 1 fully saturated rings. The van der Waals surface area contributed by atoms with Crippen molar-refractivity contribution in [3.63, 3.8) is 0 Å². The van der Waals surface area contributed by atoms with E-state index < -0.39 is 39.7 Å². The first-order valence-electron chi connectivity index (χ1n) is 12.4. The number of likely N-dealkylation sites (tertiary alicyclic amines) is 1. The summed E-state index contributed by atoms with van der Waals surface area (Å²) in [6, 6.07) is 16.8. The average Bonchev–Trinajstić information content (AvgIpc) is 3.51. The van der Waals surface area contributed by atoms with E-state index in [-0.39, 0.29) is 35.5 Å². The van der Waals surface area contributed by atoms with Crippen LogP contribution in [-0.4, -0.2) is 54.5 Å². The van der Waals surface area contributed by atoms with E-state index in [1.54, 1.807) is 42.5 Å². The van der Waals surface area contributed by atoms with Gasteiger partial charge in [-0.1, -0.05) is 41.9 Å². The largest absolute Gasteiger partial charge is 0.466 e. The Morgan fingerprint density at radius 2 is 1.98 bits per heavy atom. The van der Waals surface area contributed by atoms with E-state index in [9.17, 15) is 23.1 Å². The van der Waals surface area contributed by atoms with Gasteiger partial charge in [0.2, 0.25) is 15.9 Å². The molecule has 3 heterocycles. The Kier molecular flexibility index (Phi) is 6.40. The van der Waals surface area contributed by atoms with Crippen LogP contribution in [0.25, 0.3) is 11.1 Å². The zero-order valence-corrected chi connectivity index (χ0v) is 22.4. The van der Waals surface area contributed by atoms with Gasteiger partial charge in [0.1, 0.15) is 11.6 Å². The molecule has 1 aromatic heterocycles. The molecule has 0 saturated carbocycles. The summed E-state index contributed by atoms with van der Waals surface area (Å²) in [4.78, 5) is 31.4. The zero-order chi connectivity index (χ0) is 28.1. The lowest BCUT2D eigenvalue weighted by Gasteiger charge is -2.35. The van der Waals surface area contributed by atoms with Crippen LogP contribution in [0.15, 0.2) is 76.0 Å². The monoisotopic (exact) mass is 582 g/mol. The SMILES string of the molecule is O=C1Nc2ccc(Cl)cc2C2(CCN(C(=O)[C@H](Cc3ccccc3)NS(=O)(=O)c3ccc4oc(O)nc4c3)C2)O1.